The van der Waals surface area contributed by atoms with Crippen molar-refractivity contribution in [3.63, 3.8) is 0 Å². The quantitative estimate of drug-likeness (QED) is 0.0264. The van der Waals surface area contributed by atoms with Crippen LogP contribution in [0, 0.1) is 0 Å². The second-order valence-electron chi connectivity index (χ2n) is 19.5. The van der Waals surface area contributed by atoms with E-state index in [-0.39, 0.29) is 32.6 Å². The highest BCUT2D eigenvalue weighted by molar-refractivity contribution is 7.47. The molecule has 0 bridgehead atoms. The number of phosphoric ester groups is 1. The van der Waals surface area contributed by atoms with Gasteiger partial charge < -0.3 is 20.1 Å². The van der Waals surface area contributed by atoms with Crippen LogP contribution in [-0.4, -0.2) is 49.3 Å². The first-order valence-electron chi connectivity index (χ1n) is 30.0. The van der Waals surface area contributed by atoms with Crippen molar-refractivity contribution in [2.75, 3.05) is 26.4 Å². The molecule has 0 aliphatic carbocycles. The second-order valence-corrected chi connectivity index (χ2v) is 20.9. The molecule has 0 aliphatic rings. The Morgan fingerprint density at radius 2 is 0.693 bits per heavy atom. The van der Waals surface area contributed by atoms with Crippen molar-refractivity contribution in [3.05, 3.63) is 122 Å². The van der Waals surface area contributed by atoms with Gasteiger partial charge in [-0.1, -0.05) is 251 Å². The Balaban J connectivity index is 3.96. The zero-order valence-electron chi connectivity index (χ0n) is 47.7. The molecule has 0 aliphatic heterocycles. The molecule has 3 N–H and O–H groups in total. The topological polar surface area (TPSA) is 134 Å². The van der Waals surface area contributed by atoms with Gasteiger partial charge in [0.1, 0.15) is 6.61 Å². The Morgan fingerprint density at radius 1 is 0.400 bits per heavy atom. The van der Waals surface area contributed by atoms with E-state index < -0.39 is 32.5 Å². The van der Waals surface area contributed by atoms with E-state index in [4.69, 9.17) is 24.3 Å². The molecule has 0 saturated heterocycles. The third kappa shape index (κ3) is 59.5. The standard InChI is InChI=1S/C65H110NO8P/c1-3-5-7-9-11-13-15-17-19-21-23-25-26-27-28-29-30-31-32-33-34-35-36-38-40-42-44-46-48-50-52-54-56-58-65(68)74-63(62-73-75(69,70)72-60-59-66)61-71-64(67)57-55-53-51-49-47-45-43-41-39-37-24-22-20-18-16-14-12-10-8-6-4-2/h5-8,11-14,17-20,23-25,27-28,37,41,43,63H,3-4,9-10,15-16,21-22,26,29-36,38-40,42,44-62,66H2,1-2H3,(H,69,70)/b7-5-,8-6-,13-11-,14-12-,19-17-,20-18-,25-23-,28-27-,37-24-,43-41-. The summed E-state index contributed by atoms with van der Waals surface area (Å²) in [5.41, 5.74) is 5.38. The van der Waals surface area contributed by atoms with Crippen LogP contribution in [0.1, 0.15) is 245 Å². The van der Waals surface area contributed by atoms with Crippen molar-refractivity contribution < 1.29 is 37.6 Å². The van der Waals surface area contributed by atoms with Crippen molar-refractivity contribution in [1.29, 1.82) is 0 Å². The summed E-state index contributed by atoms with van der Waals surface area (Å²) < 4.78 is 33.0. The lowest BCUT2D eigenvalue weighted by molar-refractivity contribution is -0.161. The van der Waals surface area contributed by atoms with E-state index in [9.17, 15) is 19.0 Å². The van der Waals surface area contributed by atoms with Gasteiger partial charge in [0.05, 0.1) is 13.2 Å². The minimum Gasteiger partial charge on any atom is -0.462 e. The number of hydrogen-bond donors (Lipinski definition) is 2. The Kier molecular flexibility index (Phi) is 56.8. The molecule has 0 aromatic carbocycles. The third-order valence-corrected chi connectivity index (χ3v) is 13.3. The molecule has 2 unspecified atom stereocenters. The maximum atomic E-state index is 12.7. The van der Waals surface area contributed by atoms with Crippen LogP contribution >= 0.6 is 7.82 Å². The molecule has 2 atom stereocenters. The van der Waals surface area contributed by atoms with E-state index in [0.717, 1.165) is 116 Å². The molecular formula is C65H110NO8P. The fourth-order valence-electron chi connectivity index (χ4n) is 7.98. The normalized spacial score (nSPS) is 13.9. The lowest BCUT2D eigenvalue weighted by Gasteiger charge is -2.19. The van der Waals surface area contributed by atoms with Crippen molar-refractivity contribution in [1.82, 2.24) is 0 Å². The van der Waals surface area contributed by atoms with Gasteiger partial charge >= 0.3 is 19.8 Å². The lowest BCUT2D eigenvalue weighted by atomic mass is 10.0. The van der Waals surface area contributed by atoms with Crippen molar-refractivity contribution in [3.8, 4) is 0 Å². The molecular weight excluding hydrogens is 954 g/mol. The van der Waals surface area contributed by atoms with E-state index in [1.54, 1.807) is 0 Å². The molecule has 0 fully saturated rings. The summed E-state index contributed by atoms with van der Waals surface area (Å²) in [6, 6.07) is 0. The van der Waals surface area contributed by atoms with Crippen LogP contribution in [0.15, 0.2) is 122 Å². The summed E-state index contributed by atoms with van der Waals surface area (Å²) in [6.07, 6.45) is 82.6. The zero-order valence-corrected chi connectivity index (χ0v) is 48.6. The average molecular weight is 1060 g/mol. The highest BCUT2D eigenvalue weighted by Crippen LogP contribution is 2.43. The second kappa shape index (κ2) is 59.7. The predicted octanol–water partition coefficient (Wildman–Crippen LogP) is 19.2. The molecule has 0 aromatic heterocycles. The monoisotopic (exact) mass is 1060 g/mol. The molecule has 0 heterocycles. The molecule has 9 nitrogen and oxygen atoms in total. The van der Waals surface area contributed by atoms with Gasteiger partial charge in [-0.25, -0.2) is 4.57 Å². The Morgan fingerprint density at radius 3 is 1.03 bits per heavy atom. The third-order valence-electron chi connectivity index (χ3n) is 12.3. The molecule has 0 amide bonds. The van der Waals surface area contributed by atoms with Gasteiger partial charge in [0.25, 0.3) is 0 Å². The van der Waals surface area contributed by atoms with Crippen LogP contribution in [0.2, 0.25) is 0 Å². The van der Waals surface area contributed by atoms with Crippen LogP contribution in [0.3, 0.4) is 0 Å². The number of carbonyl (C=O) groups excluding carboxylic acids is 2. The highest BCUT2D eigenvalue weighted by atomic mass is 31.2. The van der Waals surface area contributed by atoms with Gasteiger partial charge in [0.2, 0.25) is 0 Å². The predicted molar refractivity (Wildman–Crippen MR) is 321 cm³/mol. The van der Waals surface area contributed by atoms with Gasteiger partial charge in [-0.2, -0.15) is 0 Å². The molecule has 0 radical (unpaired) electrons. The van der Waals surface area contributed by atoms with Crippen LogP contribution in [0.4, 0.5) is 0 Å². The number of hydrogen-bond acceptors (Lipinski definition) is 8. The smallest absolute Gasteiger partial charge is 0.462 e. The molecule has 0 saturated carbocycles. The molecule has 10 heteroatoms. The fourth-order valence-corrected chi connectivity index (χ4v) is 8.75. The van der Waals surface area contributed by atoms with Crippen LogP contribution in [0.5, 0.6) is 0 Å². The maximum absolute atomic E-state index is 12.7. The lowest BCUT2D eigenvalue weighted by Crippen LogP contribution is -2.29. The van der Waals surface area contributed by atoms with E-state index in [0.29, 0.717) is 12.8 Å². The van der Waals surface area contributed by atoms with Crippen LogP contribution < -0.4 is 5.73 Å². The highest BCUT2D eigenvalue weighted by Gasteiger charge is 2.26. The van der Waals surface area contributed by atoms with E-state index >= 15 is 0 Å². The number of nitrogens with two attached hydrogens (primary N) is 1. The largest absolute Gasteiger partial charge is 0.472 e. The van der Waals surface area contributed by atoms with Crippen molar-refractivity contribution in [2.45, 2.75) is 251 Å². The number of carbonyl (C=O) groups is 2. The fraction of sp³-hybridized carbons (Fsp3) is 0.662. The van der Waals surface area contributed by atoms with Crippen molar-refractivity contribution >= 4 is 19.8 Å². The minimum absolute atomic E-state index is 0.0454. The number of rotatable bonds is 55. The Bertz CT molecular complexity index is 1640. The summed E-state index contributed by atoms with van der Waals surface area (Å²) >= 11 is 0. The van der Waals surface area contributed by atoms with Crippen LogP contribution in [-0.2, 0) is 32.7 Å². The number of esters is 2. The van der Waals surface area contributed by atoms with Gasteiger partial charge in [-0.3, -0.25) is 18.6 Å². The minimum atomic E-state index is -4.40. The summed E-state index contributed by atoms with van der Waals surface area (Å²) in [4.78, 5) is 35.2. The number of phosphoric acid groups is 1. The maximum Gasteiger partial charge on any atom is 0.472 e. The van der Waals surface area contributed by atoms with Gasteiger partial charge in [0.15, 0.2) is 6.10 Å². The summed E-state index contributed by atoms with van der Waals surface area (Å²) in [7, 11) is -4.40. The van der Waals surface area contributed by atoms with Crippen molar-refractivity contribution in [2.24, 2.45) is 5.73 Å². The average Bonchev–Trinajstić information content (AvgIpc) is 3.40. The first-order chi connectivity index (χ1) is 36.8. The molecule has 0 aromatic rings. The van der Waals surface area contributed by atoms with Gasteiger partial charge in [-0.15, -0.1) is 0 Å². The SMILES string of the molecule is CC/C=C\C/C=C\C/C=C\C/C=C\C/C=C\CCCCCCCCCCCCCCCCCCCC(=O)OC(COC(=O)CCCCCCC/C=C\C/C=C\C/C=C\C/C=C\C/C=C\CC)COP(=O)(O)OCCN. The molecule has 75 heavy (non-hydrogen) atoms. The van der Waals surface area contributed by atoms with E-state index in [1.807, 2.05) is 0 Å². The number of unbranched alkanes of at least 4 members (excludes halogenated alkanes) is 22. The van der Waals surface area contributed by atoms with E-state index in [2.05, 4.69) is 135 Å². The van der Waals surface area contributed by atoms with Crippen LogP contribution in [0.25, 0.3) is 0 Å². The Hall–Kier alpha value is -3.59. The molecule has 0 rings (SSSR count). The number of ether oxygens (including phenoxy) is 2. The van der Waals surface area contributed by atoms with Gasteiger partial charge in [-0.05, 0) is 103 Å². The first kappa shape index (κ1) is 71.4. The van der Waals surface area contributed by atoms with Gasteiger partial charge in [0, 0.05) is 19.4 Å². The summed E-state index contributed by atoms with van der Waals surface area (Å²) in [5, 5.41) is 0. The first-order valence-corrected chi connectivity index (χ1v) is 31.5. The number of allylic oxidation sites excluding steroid dienone is 20. The Labute approximate surface area is 460 Å². The molecule has 428 valence electrons. The summed E-state index contributed by atoms with van der Waals surface area (Å²) in [5.74, 6) is -0.852. The zero-order chi connectivity index (χ0) is 54.5. The molecule has 0 spiro atoms. The van der Waals surface area contributed by atoms with E-state index in [1.165, 1.54) is 89.9 Å². The summed E-state index contributed by atoms with van der Waals surface area (Å²) in [6.45, 7) is 3.50.